The van der Waals surface area contributed by atoms with Crippen molar-refractivity contribution in [3.8, 4) is 34.6 Å². The van der Waals surface area contributed by atoms with Crippen molar-refractivity contribution < 1.29 is 27.7 Å². The van der Waals surface area contributed by atoms with Crippen LogP contribution in [0.2, 0.25) is 0 Å². The molecule has 0 bridgehead atoms. The van der Waals surface area contributed by atoms with Gasteiger partial charge in [0.05, 0.1) is 38.4 Å². The Kier molecular flexibility index (Phi) is 7.03. The maximum Gasteiger partial charge on any atom is 0.234 e. The number of rotatable bonds is 10. The van der Waals surface area contributed by atoms with Crippen LogP contribution in [0.5, 0.6) is 17.4 Å². The molecular weight excluding hydrogens is 524 g/mol. The zero-order chi connectivity index (χ0) is 27.8. The highest BCUT2D eigenvalue weighted by molar-refractivity contribution is 7.92. The Balaban J connectivity index is 1.64. The van der Waals surface area contributed by atoms with E-state index in [1.807, 2.05) is 6.92 Å². The molecule has 0 unspecified atom stereocenters. The monoisotopic (exact) mass is 554 g/mol. The van der Waals surface area contributed by atoms with E-state index in [0.717, 1.165) is 0 Å². The standard InChI is InChI=1S/C26H30N6O6S/c1-5-38-21-11-6-8-17(28-21)24-30-23-25(32(24)22-18(36-3)9-7-10-19(22)37-4)29-20(14-27-23)31-39(34,35)15-16-12-26(2,33)13-16/h6-11,14,16,33H,5,12-13,15H2,1-4H3,(H,29,31)/t16-,26-. The fourth-order valence-electron chi connectivity index (χ4n) is 4.92. The number of sulfonamides is 1. The molecule has 12 nitrogen and oxygen atoms in total. The number of imidazole rings is 1. The van der Waals surface area contributed by atoms with Gasteiger partial charge in [-0.05, 0) is 50.8 Å². The predicted octanol–water partition coefficient (Wildman–Crippen LogP) is 3.20. The van der Waals surface area contributed by atoms with Crippen molar-refractivity contribution in [1.29, 1.82) is 0 Å². The Morgan fingerprint density at radius 1 is 1.08 bits per heavy atom. The van der Waals surface area contributed by atoms with Crippen LogP contribution in [0.3, 0.4) is 0 Å². The van der Waals surface area contributed by atoms with E-state index in [4.69, 9.17) is 19.2 Å². The molecule has 1 aliphatic carbocycles. The Hall–Kier alpha value is -3.97. The third kappa shape index (κ3) is 5.45. The summed E-state index contributed by atoms with van der Waals surface area (Å²) in [4.78, 5) is 18.3. The van der Waals surface area contributed by atoms with Crippen molar-refractivity contribution in [1.82, 2.24) is 24.5 Å². The van der Waals surface area contributed by atoms with Crippen LogP contribution in [0.15, 0.2) is 42.6 Å². The van der Waals surface area contributed by atoms with Gasteiger partial charge in [0.25, 0.3) is 0 Å². The zero-order valence-corrected chi connectivity index (χ0v) is 22.9. The van der Waals surface area contributed by atoms with E-state index in [9.17, 15) is 13.5 Å². The molecule has 39 heavy (non-hydrogen) atoms. The third-order valence-electron chi connectivity index (χ3n) is 6.41. The number of para-hydroxylation sites is 1. The molecule has 5 rings (SSSR count). The first kappa shape index (κ1) is 26.6. The summed E-state index contributed by atoms with van der Waals surface area (Å²) in [6.45, 7) is 4.01. The number of benzene rings is 1. The Labute approximate surface area is 226 Å². The molecule has 0 radical (unpaired) electrons. The van der Waals surface area contributed by atoms with E-state index in [-0.39, 0.29) is 28.8 Å². The topological polar surface area (TPSA) is 151 Å². The second-order valence-corrected chi connectivity index (χ2v) is 11.4. The lowest BCUT2D eigenvalue weighted by Crippen LogP contribution is -2.44. The molecule has 0 aliphatic heterocycles. The first-order valence-electron chi connectivity index (χ1n) is 12.4. The summed E-state index contributed by atoms with van der Waals surface area (Å²) in [5.41, 5.74) is 0.688. The molecule has 0 spiro atoms. The Bertz CT molecular complexity index is 1590. The molecule has 1 aliphatic rings. The molecule has 1 saturated carbocycles. The number of nitrogens with one attached hydrogen (secondary N) is 1. The maximum atomic E-state index is 12.9. The molecule has 0 atom stereocenters. The first-order chi connectivity index (χ1) is 18.6. The highest BCUT2D eigenvalue weighted by Gasteiger charge is 2.40. The van der Waals surface area contributed by atoms with Gasteiger partial charge >= 0.3 is 0 Å². The van der Waals surface area contributed by atoms with E-state index in [2.05, 4.69) is 19.7 Å². The minimum Gasteiger partial charge on any atom is -0.494 e. The molecule has 1 fully saturated rings. The molecule has 2 N–H and O–H groups in total. The van der Waals surface area contributed by atoms with E-state index in [1.54, 1.807) is 47.9 Å². The summed E-state index contributed by atoms with van der Waals surface area (Å²) in [5, 5.41) is 9.98. The van der Waals surface area contributed by atoms with Crippen LogP contribution in [0.25, 0.3) is 28.5 Å². The van der Waals surface area contributed by atoms with Crippen LogP contribution in [-0.2, 0) is 10.0 Å². The van der Waals surface area contributed by atoms with E-state index >= 15 is 0 Å². The van der Waals surface area contributed by atoms with Crippen LogP contribution >= 0.6 is 0 Å². The van der Waals surface area contributed by atoms with Gasteiger partial charge in [-0.2, -0.15) is 0 Å². The summed E-state index contributed by atoms with van der Waals surface area (Å²) in [7, 11) is -0.674. The summed E-state index contributed by atoms with van der Waals surface area (Å²) in [5.74, 6) is 1.53. The largest absolute Gasteiger partial charge is 0.494 e. The van der Waals surface area contributed by atoms with Crippen molar-refractivity contribution in [3.63, 3.8) is 0 Å². The van der Waals surface area contributed by atoms with Gasteiger partial charge in [-0.25, -0.2) is 28.4 Å². The van der Waals surface area contributed by atoms with Gasteiger partial charge in [0.1, 0.15) is 22.9 Å². The highest BCUT2D eigenvalue weighted by Crippen LogP contribution is 2.39. The van der Waals surface area contributed by atoms with E-state index in [1.165, 1.54) is 20.4 Å². The molecule has 3 heterocycles. The number of aliphatic hydroxyl groups is 1. The number of ether oxygens (including phenoxy) is 3. The van der Waals surface area contributed by atoms with Gasteiger partial charge in [-0.1, -0.05) is 12.1 Å². The minimum atomic E-state index is -3.75. The minimum absolute atomic E-state index is 0.0335. The van der Waals surface area contributed by atoms with Crippen LogP contribution in [0.1, 0.15) is 26.7 Å². The van der Waals surface area contributed by atoms with E-state index < -0.39 is 15.6 Å². The molecule has 0 amide bonds. The number of hydrogen-bond donors (Lipinski definition) is 2. The Morgan fingerprint density at radius 3 is 2.41 bits per heavy atom. The van der Waals surface area contributed by atoms with Crippen LogP contribution in [-0.4, -0.2) is 70.2 Å². The quantitative estimate of drug-likeness (QED) is 0.299. The fraction of sp³-hybridized carbons (Fsp3) is 0.385. The fourth-order valence-corrected chi connectivity index (χ4v) is 6.27. The number of hydrogen-bond acceptors (Lipinski definition) is 10. The molecule has 4 aromatic rings. The first-order valence-corrected chi connectivity index (χ1v) is 14.1. The van der Waals surface area contributed by atoms with Gasteiger partial charge in [0.15, 0.2) is 22.9 Å². The predicted molar refractivity (Wildman–Crippen MR) is 145 cm³/mol. The smallest absolute Gasteiger partial charge is 0.234 e. The lowest BCUT2D eigenvalue weighted by Gasteiger charge is -2.40. The number of pyridine rings is 1. The summed E-state index contributed by atoms with van der Waals surface area (Å²) >= 11 is 0. The van der Waals surface area contributed by atoms with Gasteiger partial charge in [0.2, 0.25) is 15.9 Å². The van der Waals surface area contributed by atoms with Gasteiger partial charge in [0, 0.05) is 6.07 Å². The Morgan fingerprint density at radius 2 is 1.77 bits per heavy atom. The molecule has 3 aromatic heterocycles. The number of anilines is 1. The average Bonchev–Trinajstić information content (AvgIpc) is 3.25. The molecule has 1 aromatic carbocycles. The van der Waals surface area contributed by atoms with Gasteiger partial charge < -0.3 is 19.3 Å². The SMILES string of the molecule is CCOc1cccc(-c2nc3ncc(NS(=O)(=O)C[C@H]4C[C@](C)(O)C4)nc3n2-c2c(OC)cccc2OC)n1. The second-order valence-electron chi connectivity index (χ2n) is 9.63. The summed E-state index contributed by atoms with van der Waals surface area (Å²) in [6.07, 6.45) is 2.17. The average molecular weight is 555 g/mol. The number of nitrogens with zero attached hydrogens (tertiary/aromatic N) is 5. The lowest BCUT2D eigenvalue weighted by atomic mass is 9.73. The van der Waals surface area contributed by atoms with Crippen LogP contribution in [0.4, 0.5) is 5.82 Å². The molecule has 206 valence electrons. The van der Waals surface area contributed by atoms with Crippen LogP contribution < -0.4 is 18.9 Å². The summed E-state index contributed by atoms with van der Waals surface area (Å²) in [6, 6.07) is 10.6. The molecule has 13 heteroatoms. The van der Waals surface area contributed by atoms with Crippen molar-refractivity contribution in [2.75, 3.05) is 31.3 Å². The highest BCUT2D eigenvalue weighted by atomic mass is 32.2. The number of aromatic nitrogens is 5. The maximum absolute atomic E-state index is 12.9. The third-order valence-corrected chi connectivity index (χ3v) is 7.84. The lowest BCUT2D eigenvalue weighted by molar-refractivity contribution is -0.0494. The molecular formula is C26H30N6O6S. The molecule has 0 saturated heterocycles. The van der Waals surface area contributed by atoms with Gasteiger partial charge in [-0.15, -0.1) is 0 Å². The van der Waals surface area contributed by atoms with E-state index in [0.29, 0.717) is 54.0 Å². The normalized spacial score (nSPS) is 18.9. The summed E-state index contributed by atoms with van der Waals surface area (Å²) < 4.78 is 46.9. The number of methoxy groups -OCH3 is 2. The van der Waals surface area contributed by atoms with Crippen molar-refractivity contribution in [3.05, 3.63) is 42.6 Å². The van der Waals surface area contributed by atoms with Crippen LogP contribution in [0, 0.1) is 5.92 Å². The second kappa shape index (κ2) is 10.3. The van der Waals surface area contributed by atoms with Crippen molar-refractivity contribution >= 4 is 27.1 Å². The van der Waals surface area contributed by atoms with Crippen molar-refractivity contribution in [2.45, 2.75) is 32.3 Å². The van der Waals surface area contributed by atoms with Gasteiger partial charge in [-0.3, -0.25) is 9.29 Å². The zero-order valence-electron chi connectivity index (χ0n) is 22.1. The number of fused-ring (bicyclic) bond motifs is 1. The van der Waals surface area contributed by atoms with Crippen molar-refractivity contribution in [2.24, 2.45) is 5.92 Å².